The largest absolute Gasteiger partial charge is 0.463 e. The Morgan fingerprint density at radius 3 is 2.71 bits per heavy atom. The van der Waals surface area contributed by atoms with E-state index >= 15 is 0 Å². The van der Waals surface area contributed by atoms with Crippen molar-refractivity contribution in [3.05, 3.63) is 35.9 Å². The fraction of sp³-hybridized carbons (Fsp3) is 0.500. The molecule has 0 saturated carbocycles. The number of carbonyl (C=O) groups excluding carboxylic acids is 1. The van der Waals surface area contributed by atoms with E-state index in [1.807, 2.05) is 32.0 Å². The van der Waals surface area contributed by atoms with E-state index in [9.17, 15) is 4.79 Å². The second-order valence-electron chi connectivity index (χ2n) is 4.72. The van der Waals surface area contributed by atoms with E-state index in [2.05, 4.69) is 17.4 Å². The average Bonchev–Trinajstić information content (AvgIpc) is 2.78. The molecule has 3 nitrogen and oxygen atoms in total. The van der Waals surface area contributed by atoms with Crippen LogP contribution in [-0.4, -0.2) is 18.6 Å². The molecule has 92 valence electrons. The van der Waals surface area contributed by atoms with Gasteiger partial charge in [-0.15, -0.1) is 0 Å². The molecule has 2 rings (SSSR count). The van der Waals surface area contributed by atoms with Gasteiger partial charge in [-0.25, -0.2) is 0 Å². The highest BCUT2D eigenvalue weighted by atomic mass is 16.5. The smallest absolute Gasteiger partial charge is 0.311 e. The molecule has 1 aromatic rings. The zero-order valence-electron chi connectivity index (χ0n) is 10.3. The molecule has 0 spiro atoms. The van der Waals surface area contributed by atoms with E-state index in [4.69, 9.17) is 4.74 Å². The number of esters is 1. The van der Waals surface area contributed by atoms with E-state index in [1.54, 1.807) is 0 Å². The van der Waals surface area contributed by atoms with Crippen molar-refractivity contribution in [2.75, 3.05) is 6.54 Å². The van der Waals surface area contributed by atoms with Crippen molar-refractivity contribution in [2.45, 2.75) is 32.4 Å². The molecule has 1 aliphatic rings. The minimum Gasteiger partial charge on any atom is -0.463 e. The van der Waals surface area contributed by atoms with Crippen LogP contribution in [0.15, 0.2) is 30.3 Å². The average molecular weight is 233 g/mol. The molecule has 1 saturated heterocycles. The van der Waals surface area contributed by atoms with Gasteiger partial charge in [0.25, 0.3) is 0 Å². The van der Waals surface area contributed by atoms with E-state index in [1.165, 1.54) is 0 Å². The molecule has 1 N–H and O–H groups in total. The zero-order valence-corrected chi connectivity index (χ0v) is 10.3. The van der Waals surface area contributed by atoms with Gasteiger partial charge in [-0.1, -0.05) is 30.3 Å². The minimum atomic E-state index is -0.0844. The van der Waals surface area contributed by atoms with Crippen LogP contribution >= 0.6 is 0 Å². The van der Waals surface area contributed by atoms with Gasteiger partial charge in [0.05, 0.1) is 12.0 Å². The molecule has 0 radical (unpaired) electrons. The fourth-order valence-corrected chi connectivity index (χ4v) is 2.29. The Morgan fingerprint density at radius 2 is 2.06 bits per heavy atom. The molecule has 1 unspecified atom stereocenters. The van der Waals surface area contributed by atoms with Gasteiger partial charge in [-0.2, -0.15) is 0 Å². The van der Waals surface area contributed by atoms with Crippen LogP contribution in [0, 0.1) is 5.92 Å². The third kappa shape index (κ3) is 2.86. The molecule has 1 aromatic carbocycles. The van der Waals surface area contributed by atoms with Crippen molar-refractivity contribution in [1.29, 1.82) is 0 Å². The van der Waals surface area contributed by atoms with Crippen molar-refractivity contribution >= 4 is 5.97 Å². The summed E-state index contributed by atoms with van der Waals surface area (Å²) in [6, 6.07) is 10.2. The van der Waals surface area contributed by atoms with Crippen LogP contribution in [0.25, 0.3) is 0 Å². The molecule has 17 heavy (non-hydrogen) atoms. The van der Waals surface area contributed by atoms with Crippen molar-refractivity contribution in [3.8, 4) is 0 Å². The van der Waals surface area contributed by atoms with E-state index in [-0.39, 0.29) is 24.0 Å². The maximum atomic E-state index is 12.0. The number of hydrogen-bond acceptors (Lipinski definition) is 3. The van der Waals surface area contributed by atoms with Crippen molar-refractivity contribution in [3.63, 3.8) is 0 Å². The Hall–Kier alpha value is -1.35. The lowest BCUT2D eigenvalue weighted by Gasteiger charge is -2.20. The van der Waals surface area contributed by atoms with Gasteiger partial charge < -0.3 is 10.1 Å². The molecule has 2 atom stereocenters. The maximum absolute atomic E-state index is 12.0. The quantitative estimate of drug-likeness (QED) is 0.814. The van der Waals surface area contributed by atoms with Crippen molar-refractivity contribution in [1.82, 2.24) is 5.32 Å². The molecule has 1 aliphatic heterocycles. The highest BCUT2D eigenvalue weighted by Crippen LogP contribution is 2.30. The van der Waals surface area contributed by atoms with Gasteiger partial charge in [0.15, 0.2) is 0 Å². The summed E-state index contributed by atoms with van der Waals surface area (Å²) in [6.07, 6.45) is 0.810. The second-order valence-corrected chi connectivity index (χ2v) is 4.72. The molecule has 0 bridgehead atoms. The predicted molar refractivity (Wildman–Crippen MR) is 66.5 cm³/mol. The Labute approximate surface area is 102 Å². The lowest BCUT2D eigenvalue weighted by atomic mass is 9.94. The molecule has 0 aliphatic carbocycles. The standard InChI is InChI=1S/C14H19NO2/c1-10(2)17-14(16)12-8-9-15-13(12)11-6-4-3-5-7-11/h3-7,10,12-13,15H,8-9H2,1-2H3/t12-,13?/m1/s1. The van der Waals surface area contributed by atoms with Crippen LogP contribution in [-0.2, 0) is 9.53 Å². The zero-order chi connectivity index (χ0) is 12.3. The summed E-state index contributed by atoms with van der Waals surface area (Å²) in [7, 11) is 0. The van der Waals surface area contributed by atoms with Crippen molar-refractivity contribution in [2.24, 2.45) is 5.92 Å². The topological polar surface area (TPSA) is 38.3 Å². The first-order chi connectivity index (χ1) is 8.18. The van der Waals surface area contributed by atoms with Crippen molar-refractivity contribution < 1.29 is 9.53 Å². The third-order valence-corrected chi connectivity index (χ3v) is 3.04. The summed E-state index contributed by atoms with van der Waals surface area (Å²) in [4.78, 5) is 12.0. The first kappa shape index (κ1) is 12.1. The van der Waals surface area contributed by atoms with Gasteiger partial charge >= 0.3 is 5.97 Å². The summed E-state index contributed by atoms with van der Waals surface area (Å²) < 4.78 is 5.31. The lowest BCUT2D eigenvalue weighted by Crippen LogP contribution is -2.26. The van der Waals surface area contributed by atoms with Crippen LogP contribution in [0.4, 0.5) is 0 Å². The maximum Gasteiger partial charge on any atom is 0.311 e. The van der Waals surface area contributed by atoms with E-state index in [0.717, 1.165) is 18.5 Å². The van der Waals surface area contributed by atoms with Gasteiger partial charge in [-0.05, 0) is 32.4 Å². The number of rotatable bonds is 3. The van der Waals surface area contributed by atoms with E-state index < -0.39 is 0 Å². The number of carbonyl (C=O) groups is 1. The van der Waals surface area contributed by atoms with Gasteiger partial charge in [-0.3, -0.25) is 4.79 Å². The van der Waals surface area contributed by atoms with Gasteiger partial charge in [0.2, 0.25) is 0 Å². The number of benzene rings is 1. The number of hydrogen-bond donors (Lipinski definition) is 1. The summed E-state index contributed by atoms with van der Waals surface area (Å²) in [5.41, 5.74) is 1.16. The van der Waals surface area contributed by atoms with E-state index in [0.29, 0.717) is 0 Å². The number of ether oxygens (including phenoxy) is 1. The van der Waals surface area contributed by atoms with Crippen LogP contribution < -0.4 is 5.32 Å². The highest BCUT2D eigenvalue weighted by Gasteiger charge is 2.35. The van der Waals surface area contributed by atoms with Gasteiger partial charge in [0, 0.05) is 6.04 Å². The molecule has 0 amide bonds. The highest BCUT2D eigenvalue weighted by molar-refractivity contribution is 5.74. The minimum absolute atomic E-state index is 0.0421. The van der Waals surface area contributed by atoms with Crippen LogP contribution in [0.5, 0.6) is 0 Å². The monoisotopic (exact) mass is 233 g/mol. The molecule has 1 fully saturated rings. The second kappa shape index (κ2) is 5.32. The van der Waals surface area contributed by atoms with Crippen LogP contribution in [0.1, 0.15) is 31.9 Å². The Balaban J connectivity index is 2.10. The summed E-state index contributed by atoms with van der Waals surface area (Å²) in [5, 5.41) is 3.38. The summed E-state index contributed by atoms with van der Waals surface area (Å²) in [5.74, 6) is -0.140. The molecule has 0 aromatic heterocycles. The number of nitrogens with one attached hydrogen (secondary N) is 1. The predicted octanol–water partition coefficient (Wildman–Crippen LogP) is 2.29. The van der Waals surface area contributed by atoms with Crippen LogP contribution in [0.3, 0.4) is 0 Å². The molecule has 3 heteroatoms. The fourth-order valence-electron chi connectivity index (χ4n) is 2.29. The molecular weight excluding hydrogens is 214 g/mol. The summed E-state index contributed by atoms with van der Waals surface area (Å²) >= 11 is 0. The Morgan fingerprint density at radius 1 is 1.35 bits per heavy atom. The molecular formula is C14H19NO2. The lowest BCUT2D eigenvalue weighted by molar-refractivity contribution is -0.152. The third-order valence-electron chi connectivity index (χ3n) is 3.04. The first-order valence-electron chi connectivity index (χ1n) is 6.17. The SMILES string of the molecule is CC(C)OC(=O)[C@@H]1CCNC1c1ccccc1. The summed E-state index contributed by atoms with van der Waals surface area (Å²) in [6.45, 7) is 4.65. The first-order valence-corrected chi connectivity index (χ1v) is 6.17. The normalized spacial score (nSPS) is 23.9. The molecule has 1 heterocycles. The Bertz CT molecular complexity index is 375. The van der Waals surface area contributed by atoms with Crippen LogP contribution in [0.2, 0.25) is 0 Å². The van der Waals surface area contributed by atoms with Gasteiger partial charge in [0.1, 0.15) is 0 Å². The Kier molecular flexibility index (Phi) is 3.79.